The number of aliphatic hydroxyl groups is 1. The summed E-state index contributed by atoms with van der Waals surface area (Å²) < 4.78 is 0. The first-order chi connectivity index (χ1) is 6.24. The SMILES string of the molecule is NC(=O)CN1CCCCC1CCO. The van der Waals surface area contributed by atoms with Gasteiger partial charge in [-0.2, -0.15) is 0 Å². The number of aliphatic hydroxyl groups excluding tert-OH is 1. The van der Waals surface area contributed by atoms with Crippen LogP contribution in [-0.2, 0) is 4.79 Å². The smallest absolute Gasteiger partial charge is 0.231 e. The minimum Gasteiger partial charge on any atom is -0.396 e. The van der Waals surface area contributed by atoms with E-state index in [2.05, 4.69) is 4.90 Å². The van der Waals surface area contributed by atoms with Gasteiger partial charge in [-0.3, -0.25) is 9.69 Å². The van der Waals surface area contributed by atoms with Crippen LogP contribution in [0.1, 0.15) is 25.7 Å². The number of piperidine rings is 1. The van der Waals surface area contributed by atoms with Gasteiger partial charge in [-0.1, -0.05) is 6.42 Å². The van der Waals surface area contributed by atoms with Crippen LogP contribution >= 0.6 is 0 Å². The normalized spacial score (nSPS) is 24.5. The molecule has 1 heterocycles. The second-order valence-corrected chi connectivity index (χ2v) is 3.60. The number of nitrogens with two attached hydrogens (primary N) is 1. The molecule has 0 aliphatic carbocycles. The molecule has 1 rings (SSSR count). The van der Waals surface area contributed by atoms with Gasteiger partial charge in [0.2, 0.25) is 5.91 Å². The highest BCUT2D eigenvalue weighted by Gasteiger charge is 2.22. The van der Waals surface area contributed by atoms with E-state index in [1.54, 1.807) is 0 Å². The van der Waals surface area contributed by atoms with E-state index in [1.165, 1.54) is 6.42 Å². The van der Waals surface area contributed by atoms with Gasteiger partial charge in [0.05, 0.1) is 6.54 Å². The molecule has 4 heteroatoms. The maximum absolute atomic E-state index is 10.7. The Kier molecular flexibility index (Phi) is 4.18. The molecule has 0 saturated carbocycles. The summed E-state index contributed by atoms with van der Waals surface area (Å²) in [4.78, 5) is 12.8. The Balaban J connectivity index is 2.41. The predicted octanol–water partition coefficient (Wildman–Crippen LogP) is -0.291. The molecule has 1 atom stereocenters. The summed E-state index contributed by atoms with van der Waals surface area (Å²) >= 11 is 0. The van der Waals surface area contributed by atoms with E-state index in [4.69, 9.17) is 10.8 Å². The summed E-state index contributed by atoms with van der Waals surface area (Å²) in [5, 5.41) is 8.83. The summed E-state index contributed by atoms with van der Waals surface area (Å²) in [7, 11) is 0. The van der Waals surface area contributed by atoms with E-state index in [0.29, 0.717) is 12.6 Å². The zero-order valence-corrected chi connectivity index (χ0v) is 7.91. The fourth-order valence-corrected chi connectivity index (χ4v) is 1.94. The first-order valence-electron chi connectivity index (χ1n) is 4.87. The molecule has 0 aromatic rings. The molecular formula is C9H18N2O2. The Morgan fingerprint density at radius 2 is 2.31 bits per heavy atom. The van der Waals surface area contributed by atoms with Crippen molar-refractivity contribution in [3.63, 3.8) is 0 Å². The zero-order valence-electron chi connectivity index (χ0n) is 7.91. The Bertz CT molecular complexity index is 171. The van der Waals surface area contributed by atoms with Crippen molar-refractivity contribution in [1.29, 1.82) is 0 Å². The molecule has 3 N–H and O–H groups in total. The molecule has 1 saturated heterocycles. The molecule has 0 spiro atoms. The molecular weight excluding hydrogens is 168 g/mol. The second kappa shape index (κ2) is 5.19. The fourth-order valence-electron chi connectivity index (χ4n) is 1.94. The average molecular weight is 186 g/mol. The van der Waals surface area contributed by atoms with Gasteiger partial charge in [-0.15, -0.1) is 0 Å². The first-order valence-corrected chi connectivity index (χ1v) is 4.87. The summed E-state index contributed by atoms with van der Waals surface area (Å²) in [6.45, 7) is 1.47. The van der Waals surface area contributed by atoms with E-state index in [1.807, 2.05) is 0 Å². The number of hydrogen-bond donors (Lipinski definition) is 2. The highest BCUT2D eigenvalue weighted by atomic mass is 16.3. The van der Waals surface area contributed by atoms with E-state index >= 15 is 0 Å². The van der Waals surface area contributed by atoms with Crippen LogP contribution in [0.3, 0.4) is 0 Å². The number of primary amides is 1. The third-order valence-electron chi connectivity index (χ3n) is 2.57. The molecule has 1 aliphatic rings. The third-order valence-corrected chi connectivity index (χ3v) is 2.57. The lowest BCUT2D eigenvalue weighted by molar-refractivity contribution is -0.120. The molecule has 0 radical (unpaired) electrons. The summed E-state index contributed by atoms with van der Waals surface area (Å²) in [6, 6.07) is 0.353. The lowest BCUT2D eigenvalue weighted by Gasteiger charge is -2.34. The van der Waals surface area contributed by atoms with Crippen LogP contribution in [0.25, 0.3) is 0 Å². The number of carbonyl (C=O) groups is 1. The third kappa shape index (κ3) is 3.32. The average Bonchev–Trinajstić information content (AvgIpc) is 2.08. The fraction of sp³-hybridized carbons (Fsp3) is 0.889. The number of amides is 1. The van der Waals surface area contributed by atoms with E-state index < -0.39 is 0 Å². The minimum absolute atomic E-state index is 0.194. The number of nitrogens with zero attached hydrogens (tertiary/aromatic N) is 1. The van der Waals surface area contributed by atoms with Crippen molar-refractivity contribution in [3.8, 4) is 0 Å². The minimum atomic E-state index is -0.273. The molecule has 0 aromatic heterocycles. The lowest BCUT2D eigenvalue weighted by Crippen LogP contribution is -2.44. The molecule has 0 aromatic carbocycles. The van der Waals surface area contributed by atoms with Crippen LogP contribution in [0.15, 0.2) is 0 Å². The Labute approximate surface area is 78.7 Å². The number of likely N-dealkylation sites (tertiary alicyclic amines) is 1. The summed E-state index contributed by atoms with van der Waals surface area (Å²) in [5.41, 5.74) is 5.14. The van der Waals surface area contributed by atoms with Crippen LogP contribution < -0.4 is 5.73 Å². The highest BCUT2D eigenvalue weighted by molar-refractivity contribution is 5.75. The van der Waals surface area contributed by atoms with Gasteiger partial charge in [-0.05, 0) is 25.8 Å². The van der Waals surface area contributed by atoms with Crippen LogP contribution in [0, 0.1) is 0 Å². The van der Waals surface area contributed by atoms with Crippen LogP contribution in [0.4, 0.5) is 0 Å². The maximum atomic E-state index is 10.7. The van der Waals surface area contributed by atoms with Crippen molar-refractivity contribution in [2.24, 2.45) is 5.73 Å². The lowest BCUT2D eigenvalue weighted by atomic mass is 10.00. The van der Waals surface area contributed by atoms with Gasteiger partial charge >= 0.3 is 0 Å². The molecule has 0 bridgehead atoms. The van der Waals surface area contributed by atoms with Crippen molar-refractivity contribution in [2.75, 3.05) is 19.7 Å². The second-order valence-electron chi connectivity index (χ2n) is 3.60. The standard InChI is InChI=1S/C9H18N2O2/c10-9(13)7-11-5-2-1-3-8(11)4-6-12/h8,12H,1-7H2,(H2,10,13). The Morgan fingerprint density at radius 1 is 1.54 bits per heavy atom. The van der Waals surface area contributed by atoms with Crippen LogP contribution in [0.2, 0.25) is 0 Å². The summed E-state index contributed by atoms with van der Waals surface area (Å²) in [6.07, 6.45) is 4.16. The van der Waals surface area contributed by atoms with Crippen molar-refractivity contribution in [2.45, 2.75) is 31.7 Å². The Morgan fingerprint density at radius 3 is 2.92 bits per heavy atom. The largest absolute Gasteiger partial charge is 0.396 e. The molecule has 1 aliphatic heterocycles. The highest BCUT2D eigenvalue weighted by Crippen LogP contribution is 2.18. The molecule has 4 nitrogen and oxygen atoms in total. The van der Waals surface area contributed by atoms with Gasteiger partial charge in [-0.25, -0.2) is 0 Å². The topological polar surface area (TPSA) is 66.6 Å². The molecule has 1 fully saturated rings. The number of hydrogen-bond acceptors (Lipinski definition) is 3. The van der Waals surface area contributed by atoms with E-state index in [0.717, 1.165) is 25.8 Å². The zero-order chi connectivity index (χ0) is 9.68. The maximum Gasteiger partial charge on any atom is 0.231 e. The summed E-state index contributed by atoms with van der Waals surface area (Å²) in [5.74, 6) is -0.273. The van der Waals surface area contributed by atoms with Crippen molar-refractivity contribution in [1.82, 2.24) is 4.90 Å². The van der Waals surface area contributed by atoms with E-state index in [-0.39, 0.29) is 12.5 Å². The monoisotopic (exact) mass is 186 g/mol. The van der Waals surface area contributed by atoms with Crippen molar-refractivity contribution < 1.29 is 9.90 Å². The van der Waals surface area contributed by atoms with Gasteiger partial charge in [0.15, 0.2) is 0 Å². The molecule has 76 valence electrons. The molecule has 1 amide bonds. The molecule has 1 unspecified atom stereocenters. The van der Waals surface area contributed by atoms with Crippen molar-refractivity contribution in [3.05, 3.63) is 0 Å². The van der Waals surface area contributed by atoms with E-state index in [9.17, 15) is 4.79 Å². The molecule has 13 heavy (non-hydrogen) atoms. The van der Waals surface area contributed by atoms with Crippen LogP contribution in [-0.4, -0.2) is 41.7 Å². The van der Waals surface area contributed by atoms with Crippen LogP contribution in [0.5, 0.6) is 0 Å². The number of rotatable bonds is 4. The predicted molar refractivity (Wildman–Crippen MR) is 50.1 cm³/mol. The number of carbonyl (C=O) groups excluding carboxylic acids is 1. The van der Waals surface area contributed by atoms with Gasteiger partial charge in [0.25, 0.3) is 0 Å². The van der Waals surface area contributed by atoms with Gasteiger partial charge < -0.3 is 10.8 Å². The van der Waals surface area contributed by atoms with Gasteiger partial charge in [0, 0.05) is 12.6 Å². The first kappa shape index (κ1) is 10.5. The van der Waals surface area contributed by atoms with Crippen molar-refractivity contribution >= 4 is 5.91 Å². The Hall–Kier alpha value is -0.610. The van der Waals surface area contributed by atoms with Gasteiger partial charge in [0.1, 0.15) is 0 Å². The quantitative estimate of drug-likeness (QED) is 0.634.